The zero-order valence-corrected chi connectivity index (χ0v) is 17.2. The third-order valence-electron chi connectivity index (χ3n) is 6.19. The first-order chi connectivity index (χ1) is 14.5. The Labute approximate surface area is 177 Å². The quantitative estimate of drug-likeness (QED) is 0.697. The summed E-state index contributed by atoms with van der Waals surface area (Å²) in [6, 6.07) is 14.0. The maximum atomic E-state index is 12.7. The molecule has 1 saturated heterocycles. The van der Waals surface area contributed by atoms with Crippen LogP contribution in [0.4, 0.5) is 0 Å². The van der Waals surface area contributed by atoms with Crippen LogP contribution in [0.2, 0.25) is 0 Å². The van der Waals surface area contributed by atoms with Gasteiger partial charge in [0.2, 0.25) is 5.91 Å². The fourth-order valence-electron chi connectivity index (χ4n) is 4.91. The highest BCUT2D eigenvalue weighted by Gasteiger charge is 2.37. The van der Waals surface area contributed by atoms with Crippen molar-refractivity contribution in [2.45, 2.75) is 31.7 Å². The summed E-state index contributed by atoms with van der Waals surface area (Å²) in [6.07, 6.45) is 0.831. The number of thiophene rings is 1. The molecule has 4 heterocycles. The Morgan fingerprint density at radius 2 is 1.90 bits per heavy atom. The van der Waals surface area contributed by atoms with Crippen LogP contribution in [0.25, 0.3) is 20.5 Å². The van der Waals surface area contributed by atoms with E-state index in [4.69, 9.17) is 5.11 Å². The minimum Gasteiger partial charge on any atom is -0.481 e. The number of hydrogen-bond acceptors (Lipinski definition) is 4. The van der Waals surface area contributed by atoms with Gasteiger partial charge in [0.25, 0.3) is 5.56 Å². The molecule has 1 amide bonds. The van der Waals surface area contributed by atoms with Gasteiger partial charge in [-0.1, -0.05) is 18.2 Å². The average Bonchev–Trinajstić information content (AvgIpc) is 3.16. The number of carboxylic acids is 1. The normalized spacial score (nSPS) is 20.2. The smallest absolute Gasteiger partial charge is 0.303 e. The van der Waals surface area contributed by atoms with Gasteiger partial charge in [-0.3, -0.25) is 14.4 Å². The molecule has 7 heteroatoms. The number of carboxylic acid groups (broad SMARTS) is 1. The van der Waals surface area contributed by atoms with Crippen molar-refractivity contribution in [1.29, 1.82) is 0 Å². The molecule has 6 nitrogen and oxygen atoms in total. The van der Waals surface area contributed by atoms with Crippen molar-refractivity contribution in [3.05, 3.63) is 58.5 Å². The van der Waals surface area contributed by atoms with Crippen molar-refractivity contribution in [2.24, 2.45) is 5.92 Å². The molecule has 154 valence electrons. The van der Waals surface area contributed by atoms with Crippen molar-refractivity contribution in [3.8, 4) is 10.4 Å². The second-order valence-electron chi connectivity index (χ2n) is 8.22. The van der Waals surface area contributed by atoms with Crippen LogP contribution in [0.3, 0.4) is 0 Å². The molecule has 0 saturated carbocycles. The van der Waals surface area contributed by atoms with Crippen LogP contribution >= 0.6 is 11.3 Å². The van der Waals surface area contributed by atoms with E-state index in [1.165, 1.54) is 10.1 Å². The van der Waals surface area contributed by atoms with E-state index in [0.29, 0.717) is 19.6 Å². The molecule has 1 N–H and O–H groups in total. The fourth-order valence-corrected chi connectivity index (χ4v) is 6.01. The Balaban J connectivity index is 1.53. The van der Waals surface area contributed by atoms with Crippen LogP contribution < -0.4 is 5.56 Å². The lowest BCUT2D eigenvalue weighted by Crippen LogP contribution is -2.49. The Morgan fingerprint density at radius 1 is 1.07 bits per heavy atom. The highest BCUT2D eigenvalue weighted by molar-refractivity contribution is 7.22. The number of rotatable bonds is 4. The second kappa shape index (κ2) is 7.40. The topological polar surface area (TPSA) is 79.6 Å². The molecule has 1 fully saturated rings. The SMILES string of the molecule is O=C(O)CCC(=O)N1C[C@@H]2C[C@@H](C1)c1c(-c3cc4ccccc4s3)ccc(=O)n1C2. The Kier molecular flexibility index (Phi) is 4.70. The summed E-state index contributed by atoms with van der Waals surface area (Å²) in [5.41, 5.74) is 2.09. The fraction of sp³-hybridized carbons (Fsp3) is 0.348. The van der Waals surface area contributed by atoms with E-state index in [1.807, 2.05) is 22.8 Å². The molecule has 5 rings (SSSR count). The molecule has 1 aromatic carbocycles. The summed E-state index contributed by atoms with van der Waals surface area (Å²) in [4.78, 5) is 39.0. The summed E-state index contributed by atoms with van der Waals surface area (Å²) in [6.45, 7) is 1.73. The van der Waals surface area contributed by atoms with E-state index in [-0.39, 0.29) is 36.1 Å². The number of pyridine rings is 1. The molecule has 0 spiro atoms. The number of aromatic nitrogens is 1. The van der Waals surface area contributed by atoms with Gasteiger partial charge < -0.3 is 14.6 Å². The predicted octanol–water partition coefficient (Wildman–Crippen LogP) is 3.54. The van der Waals surface area contributed by atoms with E-state index in [1.54, 1.807) is 22.3 Å². The summed E-state index contributed by atoms with van der Waals surface area (Å²) in [5.74, 6) is -0.757. The zero-order valence-electron chi connectivity index (χ0n) is 16.4. The van der Waals surface area contributed by atoms with Crippen LogP contribution in [-0.4, -0.2) is 39.5 Å². The van der Waals surface area contributed by atoms with E-state index < -0.39 is 5.97 Å². The highest BCUT2D eigenvalue weighted by atomic mass is 32.1. The number of fused-ring (bicyclic) bond motifs is 5. The third-order valence-corrected chi connectivity index (χ3v) is 7.34. The van der Waals surface area contributed by atoms with Crippen LogP contribution in [0.5, 0.6) is 0 Å². The number of nitrogens with zero attached hydrogens (tertiary/aromatic N) is 2. The minimum atomic E-state index is -0.954. The molecule has 0 radical (unpaired) electrons. The summed E-state index contributed by atoms with van der Waals surface area (Å²) in [7, 11) is 0. The van der Waals surface area contributed by atoms with E-state index >= 15 is 0 Å². The highest BCUT2D eigenvalue weighted by Crippen LogP contribution is 2.42. The van der Waals surface area contributed by atoms with Gasteiger partial charge >= 0.3 is 5.97 Å². The van der Waals surface area contributed by atoms with Crippen LogP contribution in [0, 0.1) is 5.92 Å². The largest absolute Gasteiger partial charge is 0.481 e. The van der Waals surface area contributed by atoms with Crippen molar-refractivity contribution in [2.75, 3.05) is 13.1 Å². The molecular weight excluding hydrogens is 400 g/mol. The van der Waals surface area contributed by atoms with Gasteiger partial charge in [-0.25, -0.2) is 0 Å². The van der Waals surface area contributed by atoms with Crippen molar-refractivity contribution < 1.29 is 14.7 Å². The zero-order chi connectivity index (χ0) is 20.8. The lowest BCUT2D eigenvalue weighted by atomic mass is 9.81. The van der Waals surface area contributed by atoms with Gasteiger partial charge in [0, 0.05) is 58.9 Å². The second-order valence-corrected chi connectivity index (χ2v) is 9.30. The van der Waals surface area contributed by atoms with Crippen molar-refractivity contribution >= 4 is 33.3 Å². The number of carbonyl (C=O) groups excluding carboxylic acids is 1. The maximum Gasteiger partial charge on any atom is 0.303 e. The van der Waals surface area contributed by atoms with Gasteiger partial charge in [0.1, 0.15) is 0 Å². The van der Waals surface area contributed by atoms with Crippen LogP contribution in [-0.2, 0) is 16.1 Å². The number of benzene rings is 1. The summed E-state index contributed by atoms with van der Waals surface area (Å²) < 4.78 is 3.11. The first-order valence-electron chi connectivity index (χ1n) is 10.2. The molecular formula is C23H22N2O4S. The molecule has 0 unspecified atom stereocenters. The molecule has 2 aliphatic rings. The van der Waals surface area contributed by atoms with Crippen molar-refractivity contribution in [1.82, 2.24) is 9.47 Å². The first-order valence-corrected chi connectivity index (χ1v) is 11.0. The number of carbonyl (C=O) groups is 2. The number of likely N-dealkylation sites (tertiary alicyclic amines) is 1. The van der Waals surface area contributed by atoms with E-state index in [9.17, 15) is 14.4 Å². The molecule has 2 aliphatic heterocycles. The lowest BCUT2D eigenvalue weighted by Gasteiger charge is -2.43. The lowest BCUT2D eigenvalue weighted by molar-refractivity contribution is -0.141. The van der Waals surface area contributed by atoms with Gasteiger partial charge in [-0.05, 0) is 35.9 Å². The molecule has 30 heavy (non-hydrogen) atoms. The molecule has 3 aromatic rings. The third kappa shape index (κ3) is 3.33. The van der Waals surface area contributed by atoms with Gasteiger partial charge in [-0.2, -0.15) is 0 Å². The predicted molar refractivity (Wildman–Crippen MR) is 116 cm³/mol. The van der Waals surface area contributed by atoms with Gasteiger partial charge in [0.05, 0.1) is 6.42 Å². The van der Waals surface area contributed by atoms with E-state index in [2.05, 4.69) is 18.2 Å². The van der Waals surface area contributed by atoms with Crippen molar-refractivity contribution in [3.63, 3.8) is 0 Å². The van der Waals surface area contributed by atoms with Gasteiger partial charge in [-0.15, -0.1) is 11.3 Å². The first kappa shape index (κ1) is 19.1. The maximum absolute atomic E-state index is 12.7. The Morgan fingerprint density at radius 3 is 2.70 bits per heavy atom. The molecule has 0 aliphatic carbocycles. The number of piperidine rings is 1. The standard InChI is InChI=1S/C23H22N2O4S/c26-20(7-8-22(28)29)24-11-14-9-16(13-24)23-17(5-6-21(27)25(23)12-14)19-10-15-3-1-2-4-18(15)30-19/h1-6,10,14,16H,7-9,11-13H2,(H,28,29)/t14-,16-/m0/s1. The van der Waals surface area contributed by atoms with Crippen LogP contribution in [0.1, 0.15) is 30.9 Å². The molecule has 2 atom stereocenters. The van der Waals surface area contributed by atoms with Gasteiger partial charge in [0.15, 0.2) is 0 Å². The summed E-state index contributed by atoms with van der Waals surface area (Å²) in [5, 5.41) is 10.1. The molecule has 2 bridgehead atoms. The average molecular weight is 423 g/mol. The molecule has 2 aromatic heterocycles. The Hall–Kier alpha value is -2.93. The number of hydrogen-bond donors (Lipinski definition) is 1. The van der Waals surface area contributed by atoms with Crippen LogP contribution in [0.15, 0.2) is 47.3 Å². The summed E-state index contributed by atoms with van der Waals surface area (Å²) >= 11 is 1.72. The van der Waals surface area contributed by atoms with E-state index in [0.717, 1.165) is 22.6 Å². The number of aliphatic carboxylic acids is 1. The Bertz CT molecular complexity index is 1180. The monoisotopic (exact) mass is 422 g/mol. The number of amides is 1. The minimum absolute atomic E-state index is 0.00946.